The number of pyridine rings is 1. The fraction of sp³-hybridized carbons (Fsp3) is 0.714. The molecule has 12 heteroatoms. The van der Waals surface area contributed by atoms with E-state index in [4.69, 9.17) is 17.3 Å². The standard InChI is InChI=1S/C21H36ClN9O2/c1-15(23)19(20-25-12-16(22)14-31(20)27-33)21(32)26-17-13-24-5-4-18(17)30-10-8-29(9-11-30)7-6-28(2)3/h4-5,13,15-16,19-20,25H,6-12,14,23H2,1-3H3,(H,26,32). The lowest BCUT2D eigenvalue weighted by molar-refractivity contribution is -0.123. The highest BCUT2D eigenvalue weighted by atomic mass is 35.5. The number of likely N-dealkylation sites (N-methyl/N-ethyl adjacent to an activating group) is 1. The minimum Gasteiger partial charge on any atom is -0.367 e. The van der Waals surface area contributed by atoms with Gasteiger partial charge in [-0.25, -0.2) is 5.01 Å². The molecule has 4 atom stereocenters. The molecule has 0 saturated carbocycles. The first-order valence-corrected chi connectivity index (χ1v) is 11.8. The van der Waals surface area contributed by atoms with E-state index in [1.54, 1.807) is 19.3 Å². The van der Waals surface area contributed by atoms with Crippen LogP contribution in [-0.2, 0) is 4.79 Å². The fourth-order valence-electron chi connectivity index (χ4n) is 4.33. The molecule has 4 N–H and O–H groups in total. The van der Waals surface area contributed by atoms with Crippen LogP contribution in [0.2, 0.25) is 0 Å². The van der Waals surface area contributed by atoms with E-state index in [1.807, 2.05) is 6.07 Å². The van der Waals surface area contributed by atoms with Gasteiger partial charge in [-0.1, -0.05) is 0 Å². The number of nitrogens with two attached hydrogens (primary N) is 1. The highest BCUT2D eigenvalue weighted by molar-refractivity contribution is 6.21. The zero-order valence-corrected chi connectivity index (χ0v) is 20.4. The summed E-state index contributed by atoms with van der Waals surface area (Å²) in [6.07, 6.45) is 2.76. The van der Waals surface area contributed by atoms with Gasteiger partial charge in [-0.3, -0.25) is 20.0 Å². The minimum atomic E-state index is -0.706. The number of anilines is 2. The normalized spacial score (nSPS) is 23.9. The van der Waals surface area contributed by atoms with Crippen molar-refractivity contribution in [2.75, 3.05) is 76.7 Å². The smallest absolute Gasteiger partial charge is 0.232 e. The molecule has 4 unspecified atom stereocenters. The van der Waals surface area contributed by atoms with Crippen LogP contribution in [0.15, 0.2) is 23.7 Å². The van der Waals surface area contributed by atoms with E-state index in [0.29, 0.717) is 12.2 Å². The Bertz CT molecular complexity index is 789. The lowest BCUT2D eigenvalue weighted by Gasteiger charge is -2.40. The summed E-state index contributed by atoms with van der Waals surface area (Å²) in [5.74, 6) is -0.995. The van der Waals surface area contributed by atoms with E-state index in [-0.39, 0.29) is 17.8 Å². The molecule has 0 spiro atoms. The number of carbonyl (C=O) groups is 1. The number of nitrogens with zero attached hydrogens (tertiary/aromatic N) is 6. The first-order valence-electron chi connectivity index (χ1n) is 11.4. The van der Waals surface area contributed by atoms with Crippen LogP contribution in [0.4, 0.5) is 11.4 Å². The second-order valence-electron chi connectivity index (χ2n) is 9.05. The molecule has 2 aliphatic rings. The Morgan fingerprint density at radius 1 is 1.39 bits per heavy atom. The van der Waals surface area contributed by atoms with Gasteiger partial charge in [0.1, 0.15) is 6.17 Å². The molecule has 0 radical (unpaired) electrons. The first kappa shape index (κ1) is 25.6. The second kappa shape index (κ2) is 11.9. The molecule has 0 aromatic carbocycles. The van der Waals surface area contributed by atoms with Crippen LogP contribution >= 0.6 is 11.6 Å². The third kappa shape index (κ3) is 6.73. The van der Waals surface area contributed by atoms with Crippen molar-refractivity contribution in [3.05, 3.63) is 23.4 Å². The van der Waals surface area contributed by atoms with Crippen molar-refractivity contribution in [3.8, 4) is 0 Å². The van der Waals surface area contributed by atoms with Crippen molar-refractivity contribution in [2.24, 2.45) is 16.9 Å². The van der Waals surface area contributed by atoms with Gasteiger partial charge in [0.2, 0.25) is 5.91 Å². The van der Waals surface area contributed by atoms with Crippen LogP contribution in [0.25, 0.3) is 0 Å². The highest BCUT2D eigenvalue weighted by Crippen LogP contribution is 2.27. The third-order valence-electron chi connectivity index (χ3n) is 6.20. The number of rotatable bonds is 9. The lowest BCUT2D eigenvalue weighted by Crippen LogP contribution is -2.62. The van der Waals surface area contributed by atoms with Crippen LogP contribution in [0, 0.1) is 10.8 Å². The summed E-state index contributed by atoms with van der Waals surface area (Å²) < 4.78 is 0. The molecule has 3 heterocycles. The largest absolute Gasteiger partial charge is 0.367 e. The van der Waals surface area contributed by atoms with Gasteiger partial charge in [0.05, 0.1) is 40.7 Å². The summed E-state index contributed by atoms with van der Waals surface area (Å²) in [5.41, 5.74) is 7.74. The van der Waals surface area contributed by atoms with E-state index < -0.39 is 18.1 Å². The summed E-state index contributed by atoms with van der Waals surface area (Å²) in [4.78, 5) is 35.8. The summed E-state index contributed by atoms with van der Waals surface area (Å²) in [7, 11) is 4.16. The molecule has 0 aliphatic carbocycles. The van der Waals surface area contributed by atoms with E-state index in [0.717, 1.165) is 45.0 Å². The first-order chi connectivity index (χ1) is 15.8. The predicted octanol–water partition coefficient (Wildman–Crippen LogP) is 0.187. The molecule has 1 amide bonds. The monoisotopic (exact) mass is 481 g/mol. The Labute approximate surface area is 200 Å². The molecule has 1 aromatic rings. The van der Waals surface area contributed by atoms with Crippen LogP contribution in [0.1, 0.15) is 6.92 Å². The zero-order valence-electron chi connectivity index (χ0n) is 19.7. The Balaban J connectivity index is 1.69. The zero-order chi connectivity index (χ0) is 24.0. The number of hydrogen-bond donors (Lipinski definition) is 3. The molecule has 2 saturated heterocycles. The number of piperazine rings is 1. The van der Waals surface area contributed by atoms with Gasteiger partial charge in [-0.05, 0) is 27.1 Å². The quantitative estimate of drug-likeness (QED) is 0.335. The molecule has 184 valence electrons. The number of hydrogen-bond acceptors (Lipinski definition) is 9. The topological polar surface area (TPSA) is 122 Å². The number of nitrogens with one attached hydrogen (secondary N) is 2. The predicted molar refractivity (Wildman–Crippen MR) is 131 cm³/mol. The van der Waals surface area contributed by atoms with E-state index in [9.17, 15) is 9.70 Å². The number of amides is 1. The van der Waals surface area contributed by atoms with Gasteiger partial charge < -0.3 is 20.9 Å². The molecule has 1 aromatic heterocycles. The maximum absolute atomic E-state index is 13.3. The summed E-state index contributed by atoms with van der Waals surface area (Å²) in [6, 6.07) is 1.40. The van der Waals surface area contributed by atoms with Gasteiger partial charge in [0.25, 0.3) is 0 Å². The number of alkyl halides is 1. The maximum atomic E-state index is 13.3. The summed E-state index contributed by atoms with van der Waals surface area (Å²) >= 11 is 6.15. The average Bonchev–Trinajstić information content (AvgIpc) is 2.79. The van der Waals surface area contributed by atoms with Crippen molar-refractivity contribution < 1.29 is 4.79 Å². The number of aromatic nitrogens is 1. The maximum Gasteiger partial charge on any atom is 0.232 e. The van der Waals surface area contributed by atoms with Gasteiger partial charge in [0.15, 0.2) is 0 Å². The molecule has 3 rings (SSSR count). The molecular weight excluding hydrogens is 446 g/mol. The number of nitroso groups, excluding NO2 is 1. The van der Waals surface area contributed by atoms with Crippen molar-refractivity contribution in [1.29, 1.82) is 0 Å². The van der Waals surface area contributed by atoms with E-state index in [2.05, 4.69) is 49.7 Å². The second-order valence-corrected chi connectivity index (χ2v) is 9.67. The Morgan fingerprint density at radius 2 is 2.12 bits per heavy atom. The van der Waals surface area contributed by atoms with Crippen LogP contribution in [0.3, 0.4) is 0 Å². The van der Waals surface area contributed by atoms with Gasteiger partial charge in [-0.2, -0.15) is 0 Å². The van der Waals surface area contributed by atoms with Gasteiger partial charge in [0, 0.05) is 58.1 Å². The van der Waals surface area contributed by atoms with Gasteiger partial charge >= 0.3 is 0 Å². The highest BCUT2D eigenvalue weighted by Gasteiger charge is 2.39. The molecule has 0 bridgehead atoms. The number of halogens is 1. The summed E-state index contributed by atoms with van der Waals surface area (Å²) in [5, 5.41) is 10.2. The van der Waals surface area contributed by atoms with Crippen molar-refractivity contribution >= 4 is 28.9 Å². The molecule has 11 nitrogen and oxygen atoms in total. The van der Waals surface area contributed by atoms with E-state index >= 15 is 0 Å². The molecular formula is C21H36ClN9O2. The SMILES string of the molecule is CC(N)C(C(=O)Nc1cnccc1N1CCN(CCN(C)C)CC1)C1NCC(Cl)CN1N=O. The Hall–Kier alpha value is -2.05. The molecule has 2 aliphatic heterocycles. The molecule has 2 fully saturated rings. The van der Waals surface area contributed by atoms with Crippen molar-refractivity contribution in [2.45, 2.75) is 24.5 Å². The van der Waals surface area contributed by atoms with E-state index in [1.165, 1.54) is 5.01 Å². The average molecular weight is 482 g/mol. The fourth-order valence-corrected chi connectivity index (χ4v) is 4.56. The summed E-state index contributed by atoms with van der Waals surface area (Å²) in [6.45, 7) is 8.17. The Kier molecular flexibility index (Phi) is 9.21. The minimum absolute atomic E-state index is 0.259. The van der Waals surface area contributed by atoms with Crippen LogP contribution in [0.5, 0.6) is 0 Å². The van der Waals surface area contributed by atoms with Crippen LogP contribution in [-0.4, -0.2) is 110 Å². The lowest BCUT2D eigenvalue weighted by atomic mass is 9.95. The number of carbonyl (C=O) groups excluding carboxylic acids is 1. The molecule has 33 heavy (non-hydrogen) atoms. The van der Waals surface area contributed by atoms with Crippen molar-refractivity contribution in [3.63, 3.8) is 0 Å². The Morgan fingerprint density at radius 3 is 2.76 bits per heavy atom. The van der Waals surface area contributed by atoms with Crippen molar-refractivity contribution in [1.82, 2.24) is 25.1 Å². The van der Waals surface area contributed by atoms with Crippen LogP contribution < -0.4 is 21.3 Å². The third-order valence-corrected chi connectivity index (χ3v) is 6.49. The van der Waals surface area contributed by atoms with Gasteiger partial charge in [-0.15, -0.1) is 16.5 Å².